The van der Waals surface area contributed by atoms with Gasteiger partial charge in [0.05, 0.1) is 0 Å². The van der Waals surface area contributed by atoms with Gasteiger partial charge in [-0.2, -0.15) is 0 Å². The van der Waals surface area contributed by atoms with E-state index in [1.165, 1.54) is 0 Å². The molecule has 0 aromatic carbocycles. The molecule has 0 amide bonds. The lowest BCUT2D eigenvalue weighted by atomic mass is 9.92. The lowest BCUT2D eigenvalue weighted by Crippen LogP contribution is -2.19. The molecule has 0 unspecified atom stereocenters. The fourth-order valence-corrected chi connectivity index (χ4v) is 1.93. The zero-order valence-electron chi connectivity index (χ0n) is 6.45. The van der Waals surface area contributed by atoms with Crippen LogP contribution >= 0.6 is 0 Å². The van der Waals surface area contributed by atoms with E-state index in [4.69, 9.17) is 10.2 Å². The molecule has 1 rings (SSSR count). The predicted molar refractivity (Wildman–Crippen MR) is 39.5 cm³/mol. The molecule has 1 aliphatic carbocycles. The zero-order valence-corrected chi connectivity index (χ0v) is 6.45. The summed E-state index contributed by atoms with van der Waals surface area (Å²) in [6, 6.07) is 0. The molecule has 0 saturated heterocycles. The monoisotopic (exact) mass is 144 g/mol. The number of hydrogen-bond acceptors (Lipinski definition) is 2. The zero-order chi connectivity index (χ0) is 7.56. The third kappa shape index (κ3) is 1.32. The van der Waals surface area contributed by atoms with Gasteiger partial charge in [0.15, 0.2) is 0 Å². The Morgan fingerprint density at radius 1 is 1.20 bits per heavy atom. The highest BCUT2D eigenvalue weighted by Gasteiger charge is 2.31. The normalized spacial score (nSPS) is 40.5. The molecule has 10 heavy (non-hydrogen) atoms. The molecular formula is C8H16O2. The summed E-state index contributed by atoms with van der Waals surface area (Å²) in [6.07, 6.45) is 2.25. The van der Waals surface area contributed by atoms with Crippen molar-refractivity contribution >= 4 is 0 Å². The van der Waals surface area contributed by atoms with E-state index < -0.39 is 0 Å². The topological polar surface area (TPSA) is 40.5 Å². The van der Waals surface area contributed by atoms with Crippen LogP contribution in [0.2, 0.25) is 0 Å². The number of aliphatic hydroxyl groups excluding tert-OH is 2. The molecule has 1 fully saturated rings. The molecule has 0 aromatic rings. The van der Waals surface area contributed by atoms with Gasteiger partial charge in [0.25, 0.3) is 0 Å². The van der Waals surface area contributed by atoms with Gasteiger partial charge in [-0.3, -0.25) is 0 Å². The maximum Gasteiger partial charge on any atom is 0.0465 e. The molecule has 0 spiro atoms. The quantitative estimate of drug-likeness (QED) is 0.597. The minimum atomic E-state index is 0.242. The van der Waals surface area contributed by atoms with Crippen LogP contribution < -0.4 is 0 Å². The van der Waals surface area contributed by atoms with E-state index in [9.17, 15) is 0 Å². The molecule has 2 heteroatoms. The summed E-state index contributed by atoms with van der Waals surface area (Å²) >= 11 is 0. The summed E-state index contributed by atoms with van der Waals surface area (Å²) in [4.78, 5) is 0. The lowest BCUT2D eigenvalue weighted by Gasteiger charge is -2.17. The van der Waals surface area contributed by atoms with Crippen molar-refractivity contribution in [1.29, 1.82) is 0 Å². The van der Waals surface area contributed by atoms with Gasteiger partial charge in [-0.1, -0.05) is 6.92 Å². The van der Waals surface area contributed by atoms with Crippen LogP contribution in [0, 0.1) is 17.8 Å². The highest BCUT2D eigenvalue weighted by molar-refractivity contribution is 4.81. The Balaban J connectivity index is 2.45. The van der Waals surface area contributed by atoms with Crippen molar-refractivity contribution in [1.82, 2.24) is 0 Å². The van der Waals surface area contributed by atoms with Crippen molar-refractivity contribution in [2.75, 3.05) is 13.2 Å². The van der Waals surface area contributed by atoms with Gasteiger partial charge in [0, 0.05) is 13.2 Å². The molecule has 0 bridgehead atoms. The first-order chi connectivity index (χ1) is 4.79. The van der Waals surface area contributed by atoms with Crippen LogP contribution in [0.4, 0.5) is 0 Å². The van der Waals surface area contributed by atoms with Gasteiger partial charge in [-0.25, -0.2) is 0 Å². The third-order valence-electron chi connectivity index (χ3n) is 2.77. The van der Waals surface area contributed by atoms with Crippen molar-refractivity contribution in [3.8, 4) is 0 Å². The second kappa shape index (κ2) is 3.35. The summed E-state index contributed by atoms with van der Waals surface area (Å²) in [5, 5.41) is 17.8. The summed E-state index contributed by atoms with van der Waals surface area (Å²) in [5.74, 6) is 1.31. The fourth-order valence-electron chi connectivity index (χ4n) is 1.93. The van der Waals surface area contributed by atoms with Crippen LogP contribution in [0.15, 0.2) is 0 Å². The fraction of sp³-hybridized carbons (Fsp3) is 1.00. The van der Waals surface area contributed by atoms with Crippen LogP contribution in [0.5, 0.6) is 0 Å². The van der Waals surface area contributed by atoms with E-state index in [-0.39, 0.29) is 13.2 Å². The number of rotatable bonds is 2. The summed E-state index contributed by atoms with van der Waals surface area (Å²) in [6.45, 7) is 2.64. The van der Waals surface area contributed by atoms with Gasteiger partial charge in [0.1, 0.15) is 0 Å². The largest absolute Gasteiger partial charge is 0.396 e. The van der Waals surface area contributed by atoms with E-state index in [2.05, 4.69) is 6.92 Å². The van der Waals surface area contributed by atoms with Crippen LogP contribution in [-0.4, -0.2) is 23.4 Å². The molecule has 2 nitrogen and oxygen atoms in total. The van der Waals surface area contributed by atoms with Crippen molar-refractivity contribution in [3.05, 3.63) is 0 Å². The van der Waals surface area contributed by atoms with E-state index in [1.54, 1.807) is 0 Å². The molecule has 0 aliphatic heterocycles. The summed E-state index contributed by atoms with van der Waals surface area (Å²) < 4.78 is 0. The Bertz CT molecular complexity index is 103. The van der Waals surface area contributed by atoms with Crippen molar-refractivity contribution in [2.45, 2.75) is 19.8 Å². The maximum atomic E-state index is 8.93. The molecule has 2 N–H and O–H groups in total. The first-order valence-corrected chi connectivity index (χ1v) is 4.01. The van der Waals surface area contributed by atoms with Gasteiger partial charge in [-0.05, 0) is 30.6 Å². The Morgan fingerprint density at radius 3 is 2.30 bits per heavy atom. The Morgan fingerprint density at radius 2 is 1.90 bits per heavy atom. The summed E-state index contributed by atoms with van der Waals surface area (Å²) in [7, 11) is 0. The van der Waals surface area contributed by atoms with Gasteiger partial charge in [0.2, 0.25) is 0 Å². The molecule has 1 saturated carbocycles. The first-order valence-electron chi connectivity index (χ1n) is 4.01. The molecule has 0 aromatic heterocycles. The van der Waals surface area contributed by atoms with E-state index >= 15 is 0 Å². The minimum absolute atomic E-state index is 0.242. The van der Waals surface area contributed by atoms with E-state index in [1.807, 2.05) is 0 Å². The van der Waals surface area contributed by atoms with E-state index in [0.717, 1.165) is 12.8 Å². The van der Waals surface area contributed by atoms with Crippen LogP contribution in [0.3, 0.4) is 0 Å². The standard InChI is InChI=1S/C8H16O2/c1-6-2-3-7(4-9)8(6)5-10/h6-10H,2-5H2,1H3/t6-,7+,8-/m1/s1. The Labute approximate surface area is 61.9 Å². The molecular weight excluding hydrogens is 128 g/mol. The van der Waals surface area contributed by atoms with Crippen molar-refractivity contribution < 1.29 is 10.2 Å². The maximum absolute atomic E-state index is 8.93. The number of aliphatic hydroxyl groups is 2. The predicted octanol–water partition coefficient (Wildman–Crippen LogP) is 0.633. The Hall–Kier alpha value is -0.0800. The van der Waals surface area contributed by atoms with Crippen molar-refractivity contribution in [3.63, 3.8) is 0 Å². The minimum Gasteiger partial charge on any atom is -0.396 e. The van der Waals surface area contributed by atoms with Crippen LogP contribution in [0.25, 0.3) is 0 Å². The molecule has 60 valence electrons. The van der Waals surface area contributed by atoms with Crippen LogP contribution in [0.1, 0.15) is 19.8 Å². The smallest absolute Gasteiger partial charge is 0.0465 e. The molecule has 0 radical (unpaired) electrons. The SMILES string of the molecule is C[C@@H]1CC[C@@H](CO)[C@@H]1CO. The molecule has 0 heterocycles. The van der Waals surface area contributed by atoms with Gasteiger partial charge >= 0.3 is 0 Å². The summed E-state index contributed by atoms with van der Waals surface area (Å²) in [5.41, 5.74) is 0. The molecule has 3 atom stereocenters. The molecule has 1 aliphatic rings. The van der Waals surface area contributed by atoms with Gasteiger partial charge < -0.3 is 10.2 Å². The average molecular weight is 144 g/mol. The van der Waals surface area contributed by atoms with E-state index in [0.29, 0.717) is 17.8 Å². The average Bonchev–Trinajstić information content (AvgIpc) is 2.30. The Kier molecular flexibility index (Phi) is 2.69. The second-order valence-electron chi connectivity index (χ2n) is 3.34. The lowest BCUT2D eigenvalue weighted by molar-refractivity contribution is 0.122. The first kappa shape index (κ1) is 8.02. The highest BCUT2D eigenvalue weighted by Crippen LogP contribution is 2.35. The highest BCUT2D eigenvalue weighted by atomic mass is 16.3. The number of hydrogen-bond donors (Lipinski definition) is 2. The van der Waals surface area contributed by atoms with Crippen molar-refractivity contribution in [2.24, 2.45) is 17.8 Å². The van der Waals surface area contributed by atoms with Crippen LogP contribution in [-0.2, 0) is 0 Å². The van der Waals surface area contributed by atoms with Gasteiger partial charge in [-0.15, -0.1) is 0 Å². The third-order valence-corrected chi connectivity index (χ3v) is 2.77. The second-order valence-corrected chi connectivity index (χ2v) is 3.34.